The monoisotopic (exact) mass is 379 g/mol. The molecule has 0 bridgehead atoms. The minimum atomic E-state index is -0.176. The van der Waals surface area contributed by atoms with E-state index in [1.54, 1.807) is 25.4 Å². The molecule has 144 valence electrons. The van der Waals surface area contributed by atoms with Crippen molar-refractivity contribution >= 4 is 16.7 Å². The second-order valence-electron chi connectivity index (χ2n) is 6.00. The SMILES string of the molecule is C#CCn1cc(C(=O)c2cc(OC)c(OC)c(OC)c2)c2ccc(OC)cc21. The number of fused-ring (bicyclic) bond motifs is 1. The van der Waals surface area contributed by atoms with Crippen LogP contribution < -0.4 is 18.9 Å². The lowest BCUT2D eigenvalue weighted by Gasteiger charge is -2.13. The summed E-state index contributed by atoms with van der Waals surface area (Å²) >= 11 is 0. The minimum Gasteiger partial charge on any atom is -0.497 e. The zero-order valence-corrected chi connectivity index (χ0v) is 16.2. The summed E-state index contributed by atoms with van der Waals surface area (Å²) in [6, 6.07) is 8.80. The first-order valence-corrected chi connectivity index (χ1v) is 8.53. The number of aromatic nitrogens is 1. The molecule has 0 saturated heterocycles. The highest BCUT2D eigenvalue weighted by Crippen LogP contribution is 2.39. The molecule has 0 unspecified atom stereocenters. The van der Waals surface area contributed by atoms with Crippen molar-refractivity contribution in [2.45, 2.75) is 6.54 Å². The summed E-state index contributed by atoms with van der Waals surface area (Å²) in [7, 11) is 6.13. The molecule has 0 atom stereocenters. The number of benzene rings is 2. The number of ketones is 1. The first-order chi connectivity index (χ1) is 13.6. The van der Waals surface area contributed by atoms with Gasteiger partial charge < -0.3 is 23.5 Å². The molecule has 2 aromatic carbocycles. The molecule has 0 N–H and O–H groups in total. The van der Waals surface area contributed by atoms with Crippen molar-refractivity contribution in [3.05, 3.63) is 47.7 Å². The van der Waals surface area contributed by atoms with E-state index in [2.05, 4.69) is 5.92 Å². The van der Waals surface area contributed by atoms with Crippen LogP contribution in [0.3, 0.4) is 0 Å². The van der Waals surface area contributed by atoms with Crippen molar-refractivity contribution in [2.24, 2.45) is 0 Å². The smallest absolute Gasteiger partial charge is 0.203 e. The van der Waals surface area contributed by atoms with Gasteiger partial charge in [0.2, 0.25) is 5.75 Å². The van der Waals surface area contributed by atoms with Gasteiger partial charge in [0, 0.05) is 28.8 Å². The molecule has 3 aromatic rings. The average molecular weight is 379 g/mol. The van der Waals surface area contributed by atoms with Crippen molar-refractivity contribution in [3.8, 4) is 35.3 Å². The van der Waals surface area contributed by atoms with E-state index >= 15 is 0 Å². The lowest BCUT2D eigenvalue weighted by atomic mass is 10.0. The van der Waals surface area contributed by atoms with Gasteiger partial charge in [0.15, 0.2) is 17.3 Å². The van der Waals surface area contributed by atoms with E-state index in [0.29, 0.717) is 40.7 Å². The Morgan fingerprint density at radius 1 is 1.00 bits per heavy atom. The summed E-state index contributed by atoms with van der Waals surface area (Å²) in [5, 5.41) is 0.787. The maximum atomic E-state index is 13.3. The number of terminal acetylenes is 1. The Bertz CT molecular complexity index is 1050. The van der Waals surface area contributed by atoms with Crippen LogP contribution in [0.15, 0.2) is 36.5 Å². The molecule has 0 amide bonds. The molecule has 0 spiro atoms. The zero-order chi connectivity index (χ0) is 20.3. The van der Waals surface area contributed by atoms with E-state index < -0.39 is 0 Å². The van der Waals surface area contributed by atoms with Crippen LogP contribution in [-0.4, -0.2) is 38.8 Å². The number of methoxy groups -OCH3 is 4. The Morgan fingerprint density at radius 3 is 2.21 bits per heavy atom. The molecule has 0 saturated carbocycles. The quantitative estimate of drug-likeness (QED) is 0.464. The zero-order valence-electron chi connectivity index (χ0n) is 16.2. The van der Waals surface area contributed by atoms with Gasteiger partial charge in [-0.25, -0.2) is 0 Å². The Kier molecular flexibility index (Phi) is 5.46. The number of rotatable bonds is 7. The van der Waals surface area contributed by atoms with Crippen molar-refractivity contribution in [1.82, 2.24) is 4.57 Å². The molecule has 3 rings (SSSR count). The van der Waals surface area contributed by atoms with Crippen LogP contribution in [0.5, 0.6) is 23.0 Å². The second-order valence-corrected chi connectivity index (χ2v) is 6.00. The Labute approximate surface area is 163 Å². The van der Waals surface area contributed by atoms with Crippen LogP contribution in [0.1, 0.15) is 15.9 Å². The minimum absolute atomic E-state index is 0.176. The highest BCUT2D eigenvalue weighted by Gasteiger charge is 2.21. The number of nitrogens with zero attached hydrogens (tertiary/aromatic N) is 1. The Balaban J connectivity index is 2.18. The third-order valence-electron chi connectivity index (χ3n) is 4.52. The van der Waals surface area contributed by atoms with Gasteiger partial charge in [-0.05, 0) is 24.3 Å². The van der Waals surface area contributed by atoms with E-state index in [9.17, 15) is 4.79 Å². The largest absolute Gasteiger partial charge is 0.497 e. The van der Waals surface area contributed by atoms with Gasteiger partial charge in [-0.1, -0.05) is 5.92 Å². The van der Waals surface area contributed by atoms with E-state index in [1.807, 2.05) is 22.8 Å². The van der Waals surface area contributed by atoms with Gasteiger partial charge in [-0.15, -0.1) is 6.42 Å². The standard InChI is InChI=1S/C22H21NO5/c1-6-9-23-13-17(16-8-7-15(25-2)12-18(16)23)21(24)14-10-19(26-3)22(28-5)20(11-14)27-4/h1,7-8,10-13H,9H2,2-5H3. The normalized spacial score (nSPS) is 10.4. The molecule has 1 aromatic heterocycles. The number of hydrogen-bond acceptors (Lipinski definition) is 5. The van der Waals surface area contributed by atoms with Crippen molar-refractivity contribution in [1.29, 1.82) is 0 Å². The first kappa shape index (κ1) is 19.2. The molecule has 1 heterocycles. The van der Waals surface area contributed by atoms with Gasteiger partial charge in [-0.2, -0.15) is 0 Å². The molecule has 0 aliphatic rings. The number of carbonyl (C=O) groups excluding carboxylic acids is 1. The third-order valence-corrected chi connectivity index (χ3v) is 4.52. The van der Waals surface area contributed by atoms with Gasteiger partial charge in [-0.3, -0.25) is 4.79 Å². The van der Waals surface area contributed by atoms with Crippen molar-refractivity contribution in [2.75, 3.05) is 28.4 Å². The molecule has 6 heteroatoms. The van der Waals surface area contributed by atoms with Crippen LogP contribution in [0.4, 0.5) is 0 Å². The maximum absolute atomic E-state index is 13.3. The fraction of sp³-hybridized carbons (Fsp3) is 0.227. The third kappa shape index (κ3) is 3.23. The van der Waals surface area contributed by atoms with Crippen LogP contribution in [0, 0.1) is 12.3 Å². The predicted molar refractivity (Wildman–Crippen MR) is 107 cm³/mol. The first-order valence-electron chi connectivity index (χ1n) is 8.53. The number of hydrogen-bond donors (Lipinski definition) is 0. The molecule has 28 heavy (non-hydrogen) atoms. The van der Waals surface area contributed by atoms with Crippen molar-refractivity contribution in [3.63, 3.8) is 0 Å². The summed E-state index contributed by atoms with van der Waals surface area (Å²) in [6.07, 6.45) is 7.25. The lowest BCUT2D eigenvalue weighted by molar-refractivity contribution is 0.103. The van der Waals surface area contributed by atoms with Gasteiger partial charge in [0.05, 0.1) is 40.5 Å². The highest BCUT2D eigenvalue weighted by atomic mass is 16.5. The van der Waals surface area contributed by atoms with E-state index in [1.165, 1.54) is 21.3 Å². The highest BCUT2D eigenvalue weighted by molar-refractivity contribution is 6.17. The van der Waals surface area contributed by atoms with Gasteiger partial charge in [0.25, 0.3) is 0 Å². The van der Waals surface area contributed by atoms with Gasteiger partial charge >= 0.3 is 0 Å². The Hall–Kier alpha value is -3.59. The average Bonchev–Trinajstić information content (AvgIpc) is 3.09. The van der Waals surface area contributed by atoms with E-state index in [4.69, 9.17) is 25.4 Å². The predicted octanol–water partition coefficient (Wildman–Crippen LogP) is 3.54. The van der Waals surface area contributed by atoms with Gasteiger partial charge in [0.1, 0.15) is 5.75 Å². The van der Waals surface area contributed by atoms with E-state index in [-0.39, 0.29) is 5.78 Å². The molecule has 0 fully saturated rings. The molecular weight excluding hydrogens is 358 g/mol. The lowest BCUT2D eigenvalue weighted by Crippen LogP contribution is -2.04. The van der Waals surface area contributed by atoms with Crippen molar-refractivity contribution < 1.29 is 23.7 Å². The topological polar surface area (TPSA) is 58.9 Å². The summed E-state index contributed by atoms with van der Waals surface area (Å²) in [6.45, 7) is 0.339. The molecule has 0 aliphatic heterocycles. The summed E-state index contributed by atoms with van der Waals surface area (Å²) in [5.41, 5.74) is 1.78. The van der Waals surface area contributed by atoms with Crippen LogP contribution in [0.25, 0.3) is 10.9 Å². The second kappa shape index (κ2) is 7.97. The maximum Gasteiger partial charge on any atom is 0.203 e. The van der Waals surface area contributed by atoms with Crippen LogP contribution in [0.2, 0.25) is 0 Å². The number of ether oxygens (including phenoxy) is 4. The molecule has 0 radical (unpaired) electrons. The fourth-order valence-corrected chi connectivity index (χ4v) is 3.18. The molecule has 0 aliphatic carbocycles. The summed E-state index contributed by atoms with van der Waals surface area (Å²) in [5.74, 6) is 4.39. The molecular formula is C22H21NO5. The Morgan fingerprint density at radius 2 is 1.68 bits per heavy atom. The summed E-state index contributed by atoms with van der Waals surface area (Å²) in [4.78, 5) is 13.3. The van der Waals surface area contributed by atoms with E-state index in [0.717, 1.165) is 10.9 Å². The van der Waals surface area contributed by atoms with Crippen LogP contribution in [-0.2, 0) is 6.54 Å². The summed E-state index contributed by atoms with van der Waals surface area (Å²) < 4.78 is 23.2. The van der Waals surface area contributed by atoms with Crippen LogP contribution >= 0.6 is 0 Å². The molecule has 6 nitrogen and oxygen atoms in total. The number of carbonyl (C=O) groups is 1. The fourth-order valence-electron chi connectivity index (χ4n) is 3.18.